The lowest BCUT2D eigenvalue weighted by atomic mass is 10.1. The Bertz CT molecular complexity index is 403. The zero-order valence-electron chi connectivity index (χ0n) is 11.3. The van der Waals surface area contributed by atoms with Gasteiger partial charge in [0.05, 0.1) is 12.5 Å². The Morgan fingerprint density at radius 2 is 1.95 bits per heavy atom. The number of esters is 1. The predicted molar refractivity (Wildman–Crippen MR) is 73.4 cm³/mol. The van der Waals surface area contributed by atoms with Crippen LogP contribution in [0.5, 0.6) is 0 Å². The first kappa shape index (κ1) is 15.4. The van der Waals surface area contributed by atoms with E-state index >= 15 is 0 Å². The Morgan fingerprint density at radius 1 is 1.26 bits per heavy atom. The van der Waals surface area contributed by atoms with Gasteiger partial charge in [0.2, 0.25) is 0 Å². The van der Waals surface area contributed by atoms with E-state index in [-0.39, 0.29) is 18.8 Å². The molecule has 0 heterocycles. The Balaban J connectivity index is 2.29. The minimum absolute atomic E-state index is 0.0462. The standard InChI is InChI=1S/C15H21NO3/c1-2-3-9-14(17)13(16)10-15(18)19-11-12-7-5-4-6-8-12/h4-8,13H,2-3,9-11,16H2,1H3. The molecule has 1 atom stereocenters. The summed E-state index contributed by atoms with van der Waals surface area (Å²) in [4.78, 5) is 23.1. The van der Waals surface area contributed by atoms with Crippen molar-refractivity contribution in [3.63, 3.8) is 0 Å². The highest BCUT2D eigenvalue weighted by molar-refractivity contribution is 5.87. The van der Waals surface area contributed by atoms with Gasteiger partial charge in [-0.1, -0.05) is 43.7 Å². The lowest BCUT2D eigenvalue weighted by Gasteiger charge is -2.10. The molecule has 0 aliphatic carbocycles. The van der Waals surface area contributed by atoms with Crippen molar-refractivity contribution in [2.45, 2.75) is 45.3 Å². The maximum Gasteiger partial charge on any atom is 0.308 e. The second-order valence-corrected chi connectivity index (χ2v) is 4.53. The maximum atomic E-state index is 11.6. The van der Waals surface area contributed by atoms with Crippen molar-refractivity contribution in [1.29, 1.82) is 0 Å². The molecular formula is C15H21NO3. The zero-order valence-corrected chi connectivity index (χ0v) is 11.3. The second kappa shape index (κ2) is 8.43. The molecular weight excluding hydrogens is 242 g/mol. The van der Waals surface area contributed by atoms with Crippen molar-refractivity contribution >= 4 is 11.8 Å². The zero-order chi connectivity index (χ0) is 14.1. The molecule has 0 saturated carbocycles. The van der Waals surface area contributed by atoms with Crippen LogP contribution in [0.2, 0.25) is 0 Å². The normalized spacial score (nSPS) is 11.9. The van der Waals surface area contributed by atoms with E-state index in [9.17, 15) is 9.59 Å². The summed E-state index contributed by atoms with van der Waals surface area (Å²) in [5, 5.41) is 0. The van der Waals surface area contributed by atoms with E-state index in [4.69, 9.17) is 10.5 Å². The van der Waals surface area contributed by atoms with Gasteiger partial charge in [0, 0.05) is 6.42 Å². The molecule has 0 aliphatic rings. The van der Waals surface area contributed by atoms with Crippen molar-refractivity contribution in [3.05, 3.63) is 35.9 Å². The van der Waals surface area contributed by atoms with Crippen molar-refractivity contribution in [3.8, 4) is 0 Å². The van der Waals surface area contributed by atoms with Gasteiger partial charge < -0.3 is 10.5 Å². The van der Waals surface area contributed by atoms with Crippen LogP contribution in [-0.2, 0) is 20.9 Å². The summed E-state index contributed by atoms with van der Waals surface area (Å²) in [5.41, 5.74) is 6.60. The van der Waals surface area contributed by atoms with Crippen LogP contribution in [0.1, 0.15) is 38.2 Å². The molecule has 1 aromatic carbocycles. The van der Waals surface area contributed by atoms with Crippen molar-refractivity contribution in [2.75, 3.05) is 0 Å². The van der Waals surface area contributed by atoms with Crippen LogP contribution in [0.4, 0.5) is 0 Å². The Hall–Kier alpha value is -1.68. The smallest absolute Gasteiger partial charge is 0.308 e. The number of rotatable bonds is 8. The van der Waals surface area contributed by atoms with E-state index < -0.39 is 12.0 Å². The number of carbonyl (C=O) groups is 2. The van der Waals surface area contributed by atoms with Gasteiger partial charge in [0.25, 0.3) is 0 Å². The van der Waals surface area contributed by atoms with Gasteiger partial charge in [0.1, 0.15) is 12.4 Å². The van der Waals surface area contributed by atoms with Gasteiger partial charge in [0.15, 0.2) is 0 Å². The highest BCUT2D eigenvalue weighted by Gasteiger charge is 2.17. The van der Waals surface area contributed by atoms with E-state index in [0.717, 1.165) is 18.4 Å². The first-order valence-electron chi connectivity index (χ1n) is 6.61. The molecule has 1 rings (SSSR count). The fourth-order valence-corrected chi connectivity index (χ4v) is 1.63. The van der Waals surface area contributed by atoms with Gasteiger partial charge in [-0.2, -0.15) is 0 Å². The summed E-state index contributed by atoms with van der Waals surface area (Å²) >= 11 is 0. The number of ether oxygens (including phenoxy) is 1. The van der Waals surface area contributed by atoms with Gasteiger partial charge in [-0.25, -0.2) is 0 Å². The van der Waals surface area contributed by atoms with Crippen LogP contribution < -0.4 is 5.73 Å². The second-order valence-electron chi connectivity index (χ2n) is 4.53. The highest BCUT2D eigenvalue weighted by atomic mass is 16.5. The van der Waals surface area contributed by atoms with Crippen LogP contribution in [0.3, 0.4) is 0 Å². The summed E-state index contributed by atoms with van der Waals surface area (Å²) in [5.74, 6) is -0.500. The Morgan fingerprint density at radius 3 is 2.58 bits per heavy atom. The molecule has 4 nitrogen and oxygen atoms in total. The van der Waals surface area contributed by atoms with Crippen LogP contribution in [0, 0.1) is 0 Å². The van der Waals surface area contributed by atoms with Crippen LogP contribution in [0.15, 0.2) is 30.3 Å². The molecule has 1 unspecified atom stereocenters. The largest absolute Gasteiger partial charge is 0.461 e. The molecule has 104 valence electrons. The van der Waals surface area contributed by atoms with Crippen molar-refractivity contribution < 1.29 is 14.3 Å². The van der Waals surface area contributed by atoms with E-state index in [0.29, 0.717) is 6.42 Å². The fourth-order valence-electron chi connectivity index (χ4n) is 1.63. The third-order valence-corrected chi connectivity index (χ3v) is 2.82. The van der Waals surface area contributed by atoms with E-state index in [1.54, 1.807) is 0 Å². The van der Waals surface area contributed by atoms with Gasteiger partial charge in [-0.15, -0.1) is 0 Å². The Kier molecular flexibility index (Phi) is 6.82. The molecule has 0 bridgehead atoms. The first-order valence-corrected chi connectivity index (χ1v) is 6.61. The molecule has 1 aromatic rings. The summed E-state index contributed by atoms with van der Waals surface area (Å²) in [6, 6.07) is 8.66. The molecule has 0 spiro atoms. The van der Waals surface area contributed by atoms with Crippen molar-refractivity contribution in [2.24, 2.45) is 5.73 Å². The molecule has 19 heavy (non-hydrogen) atoms. The molecule has 0 fully saturated rings. The van der Waals surface area contributed by atoms with Crippen LogP contribution in [0.25, 0.3) is 0 Å². The third kappa shape index (κ3) is 6.15. The molecule has 2 N–H and O–H groups in total. The monoisotopic (exact) mass is 263 g/mol. The highest BCUT2D eigenvalue weighted by Crippen LogP contribution is 2.05. The average Bonchev–Trinajstić information content (AvgIpc) is 2.43. The molecule has 0 saturated heterocycles. The number of carbonyl (C=O) groups excluding carboxylic acids is 2. The number of nitrogens with two attached hydrogens (primary N) is 1. The van der Waals surface area contributed by atoms with Crippen LogP contribution in [-0.4, -0.2) is 17.8 Å². The molecule has 0 aromatic heterocycles. The summed E-state index contributed by atoms with van der Waals surface area (Å²) in [6.07, 6.45) is 2.14. The van der Waals surface area contributed by atoms with Gasteiger partial charge in [-0.05, 0) is 12.0 Å². The third-order valence-electron chi connectivity index (χ3n) is 2.82. The summed E-state index contributed by atoms with van der Waals surface area (Å²) in [7, 11) is 0. The van der Waals surface area contributed by atoms with Gasteiger partial charge in [-0.3, -0.25) is 9.59 Å². The van der Waals surface area contributed by atoms with Gasteiger partial charge >= 0.3 is 5.97 Å². The SMILES string of the molecule is CCCCC(=O)C(N)CC(=O)OCc1ccccc1. The number of unbranched alkanes of at least 4 members (excludes halogenated alkanes) is 1. The number of ketones is 1. The molecule has 0 amide bonds. The minimum atomic E-state index is -0.741. The molecule has 0 radical (unpaired) electrons. The first-order chi connectivity index (χ1) is 9.13. The minimum Gasteiger partial charge on any atom is -0.461 e. The average molecular weight is 263 g/mol. The number of benzene rings is 1. The maximum absolute atomic E-state index is 11.6. The lowest BCUT2D eigenvalue weighted by molar-refractivity contribution is -0.146. The number of hydrogen-bond donors (Lipinski definition) is 1. The van der Waals surface area contributed by atoms with E-state index in [1.165, 1.54) is 0 Å². The lowest BCUT2D eigenvalue weighted by Crippen LogP contribution is -2.33. The fraction of sp³-hybridized carbons (Fsp3) is 0.467. The van der Waals surface area contributed by atoms with E-state index in [1.807, 2.05) is 37.3 Å². The van der Waals surface area contributed by atoms with E-state index in [2.05, 4.69) is 0 Å². The summed E-state index contributed by atoms with van der Waals surface area (Å²) in [6.45, 7) is 2.22. The molecule has 4 heteroatoms. The van der Waals surface area contributed by atoms with Crippen LogP contribution >= 0.6 is 0 Å². The number of hydrogen-bond acceptors (Lipinski definition) is 4. The quantitative estimate of drug-likeness (QED) is 0.730. The molecule has 0 aliphatic heterocycles. The predicted octanol–water partition coefficient (Wildman–Crippen LogP) is 2.21. The summed E-state index contributed by atoms with van der Waals surface area (Å²) < 4.78 is 5.08. The Labute approximate surface area is 113 Å². The topological polar surface area (TPSA) is 69.4 Å². The number of Topliss-reactive ketones (excluding diaryl/α,β-unsaturated/α-hetero) is 1. The van der Waals surface area contributed by atoms with Crippen molar-refractivity contribution in [1.82, 2.24) is 0 Å².